The predicted octanol–water partition coefficient (Wildman–Crippen LogP) is 1.82. The summed E-state index contributed by atoms with van der Waals surface area (Å²) in [6.45, 7) is 3.35. The highest BCUT2D eigenvalue weighted by Crippen LogP contribution is 2.26. The Morgan fingerprint density at radius 1 is 1.25 bits per heavy atom. The van der Waals surface area contributed by atoms with Crippen molar-refractivity contribution < 1.29 is 27.5 Å². The van der Waals surface area contributed by atoms with E-state index in [-0.39, 0.29) is 17.8 Å². The van der Waals surface area contributed by atoms with Crippen LogP contribution in [-0.4, -0.2) is 38.2 Å². The van der Waals surface area contributed by atoms with Crippen molar-refractivity contribution in [3.8, 4) is 0 Å². The van der Waals surface area contributed by atoms with E-state index >= 15 is 0 Å². The fraction of sp³-hybridized carbons (Fsp3) is 0.467. The van der Waals surface area contributed by atoms with Crippen LogP contribution >= 0.6 is 0 Å². The van der Waals surface area contributed by atoms with E-state index in [2.05, 4.69) is 5.32 Å². The molecule has 0 spiro atoms. The molecule has 1 amide bonds. The van der Waals surface area contributed by atoms with Crippen molar-refractivity contribution in [2.75, 3.05) is 17.5 Å². The quantitative estimate of drug-likeness (QED) is 0.654. The number of hydrogen-bond donors (Lipinski definition) is 3. The number of aliphatic carboxylic acids is 1. The van der Waals surface area contributed by atoms with Gasteiger partial charge in [-0.1, -0.05) is 13.8 Å². The van der Waals surface area contributed by atoms with Crippen LogP contribution in [0.25, 0.3) is 0 Å². The van der Waals surface area contributed by atoms with Gasteiger partial charge in [0.2, 0.25) is 10.0 Å². The second-order valence-corrected chi connectivity index (χ2v) is 7.29. The molecule has 0 unspecified atom stereocenters. The smallest absolute Gasteiger partial charge is 0.311 e. The van der Waals surface area contributed by atoms with E-state index in [1.165, 1.54) is 6.07 Å². The average molecular weight is 360 g/mol. The first-order valence-corrected chi connectivity index (χ1v) is 9.22. The number of rotatable bonds is 8. The molecule has 1 aromatic rings. The van der Waals surface area contributed by atoms with Gasteiger partial charge in [-0.3, -0.25) is 14.3 Å². The normalized spacial score (nSPS) is 11.8. The summed E-state index contributed by atoms with van der Waals surface area (Å²) in [6, 6.07) is 3.22. The lowest BCUT2D eigenvalue weighted by Crippen LogP contribution is -2.42. The molecule has 0 radical (unpaired) electrons. The number of sulfonamides is 1. The second kappa shape index (κ2) is 7.61. The lowest BCUT2D eigenvalue weighted by atomic mass is 9.82. The number of carboxylic acid groups (broad SMARTS) is 1. The molecule has 0 aliphatic rings. The first-order chi connectivity index (χ1) is 11.0. The zero-order valence-corrected chi connectivity index (χ0v) is 14.5. The van der Waals surface area contributed by atoms with Crippen LogP contribution in [-0.2, 0) is 14.8 Å². The SMILES string of the molecule is CCC(CC)(CNC(=O)c1ccc(F)c(NS(C)(=O)=O)c1)C(=O)O. The van der Waals surface area contributed by atoms with Crippen LogP contribution in [0.1, 0.15) is 37.0 Å². The van der Waals surface area contributed by atoms with Gasteiger partial charge < -0.3 is 10.4 Å². The van der Waals surface area contributed by atoms with Crippen LogP contribution in [0, 0.1) is 11.2 Å². The molecule has 0 fully saturated rings. The summed E-state index contributed by atoms with van der Waals surface area (Å²) < 4.78 is 38.0. The van der Waals surface area contributed by atoms with Crippen LogP contribution in [0.3, 0.4) is 0 Å². The average Bonchev–Trinajstić information content (AvgIpc) is 2.49. The molecule has 1 aromatic carbocycles. The summed E-state index contributed by atoms with van der Waals surface area (Å²) in [6.07, 6.45) is 1.54. The Morgan fingerprint density at radius 3 is 2.29 bits per heavy atom. The van der Waals surface area contributed by atoms with Crippen LogP contribution in [0.2, 0.25) is 0 Å². The van der Waals surface area contributed by atoms with E-state index in [0.29, 0.717) is 12.8 Å². The van der Waals surface area contributed by atoms with E-state index in [1.807, 2.05) is 4.72 Å². The number of carboxylic acids is 1. The van der Waals surface area contributed by atoms with Gasteiger partial charge in [0.25, 0.3) is 5.91 Å². The van der Waals surface area contributed by atoms with Crippen molar-refractivity contribution >= 4 is 27.6 Å². The predicted molar refractivity (Wildman–Crippen MR) is 87.9 cm³/mol. The van der Waals surface area contributed by atoms with Gasteiger partial charge in [-0.2, -0.15) is 0 Å². The third-order valence-corrected chi connectivity index (χ3v) is 4.51. The Labute approximate surface area is 140 Å². The van der Waals surface area contributed by atoms with Gasteiger partial charge in [0.05, 0.1) is 17.4 Å². The Bertz CT molecular complexity index is 729. The zero-order valence-electron chi connectivity index (χ0n) is 13.7. The third kappa shape index (κ3) is 4.92. The van der Waals surface area contributed by atoms with Gasteiger partial charge in [-0.15, -0.1) is 0 Å². The molecule has 0 saturated carbocycles. The van der Waals surface area contributed by atoms with Crippen molar-refractivity contribution in [2.45, 2.75) is 26.7 Å². The fourth-order valence-electron chi connectivity index (χ4n) is 2.17. The Hall–Kier alpha value is -2.16. The van der Waals surface area contributed by atoms with E-state index in [1.54, 1.807) is 13.8 Å². The standard InChI is InChI=1S/C15H21FN2O5S/c1-4-15(5-2,14(20)21)9-17-13(19)10-6-7-11(16)12(8-10)18-24(3,22)23/h6-8,18H,4-5,9H2,1-3H3,(H,17,19)(H,20,21). The zero-order chi connectivity index (χ0) is 18.5. The topological polar surface area (TPSA) is 113 Å². The molecule has 0 atom stereocenters. The Kier molecular flexibility index (Phi) is 6.30. The number of amides is 1. The van der Waals surface area contributed by atoms with Crippen LogP contribution in [0.4, 0.5) is 10.1 Å². The summed E-state index contributed by atoms with van der Waals surface area (Å²) in [5.41, 5.74) is -1.40. The molecule has 0 aliphatic heterocycles. The molecular weight excluding hydrogens is 339 g/mol. The van der Waals surface area contributed by atoms with Gasteiger partial charge in [0.1, 0.15) is 5.82 Å². The van der Waals surface area contributed by atoms with Gasteiger partial charge >= 0.3 is 5.97 Å². The molecule has 1 rings (SSSR count). The maximum absolute atomic E-state index is 13.6. The van der Waals surface area contributed by atoms with Crippen molar-refractivity contribution in [2.24, 2.45) is 5.41 Å². The molecule has 0 bridgehead atoms. The molecule has 0 aromatic heterocycles. The first kappa shape index (κ1) is 19.9. The van der Waals surface area contributed by atoms with Crippen molar-refractivity contribution in [1.82, 2.24) is 5.32 Å². The van der Waals surface area contributed by atoms with E-state index < -0.39 is 33.1 Å². The molecule has 134 valence electrons. The van der Waals surface area contributed by atoms with Gasteiger partial charge in [0.15, 0.2) is 0 Å². The lowest BCUT2D eigenvalue weighted by Gasteiger charge is -2.26. The van der Waals surface area contributed by atoms with Crippen molar-refractivity contribution in [1.29, 1.82) is 0 Å². The lowest BCUT2D eigenvalue weighted by molar-refractivity contribution is -0.149. The Balaban J connectivity index is 2.96. The van der Waals surface area contributed by atoms with Crippen molar-refractivity contribution in [3.05, 3.63) is 29.6 Å². The number of hydrogen-bond acceptors (Lipinski definition) is 4. The Morgan fingerprint density at radius 2 is 1.83 bits per heavy atom. The summed E-state index contributed by atoms with van der Waals surface area (Å²) in [7, 11) is -3.70. The van der Waals surface area contributed by atoms with Crippen LogP contribution in [0.15, 0.2) is 18.2 Å². The minimum Gasteiger partial charge on any atom is -0.481 e. The van der Waals surface area contributed by atoms with Crippen molar-refractivity contribution in [3.63, 3.8) is 0 Å². The highest BCUT2D eigenvalue weighted by atomic mass is 32.2. The van der Waals surface area contributed by atoms with Gasteiger partial charge in [0, 0.05) is 12.1 Å². The number of halogens is 1. The van der Waals surface area contributed by atoms with E-state index in [0.717, 1.165) is 18.4 Å². The number of benzene rings is 1. The number of carbonyl (C=O) groups excluding carboxylic acids is 1. The minimum absolute atomic E-state index is 0.0223. The molecule has 24 heavy (non-hydrogen) atoms. The first-order valence-electron chi connectivity index (χ1n) is 7.33. The number of anilines is 1. The minimum atomic E-state index is -3.70. The largest absolute Gasteiger partial charge is 0.481 e. The molecule has 0 saturated heterocycles. The summed E-state index contributed by atoms with van der Waals surface area (Å²) >= 11 is 0. The molecular formula is C15H21FN2O5S. The van der Waals surface area contributed by atoms with Crippen LogP contribution in [0.5, 0.6) is 0 Å². The van der Waals surface area contributed by atoms with E-state index in [9.17, 15) is 27.5 Å². The third-order valence-electron chi connectivity index (χ3n) is 3.92. The van der Waals surface area contributed by atoms with Gasteiger partial charge in [-0.05, 0) is 31.0 Å². The molecule has 7 nitrogen and oxygen atoms in total. The summed E-state index contributed by atoms with van der Waals surface area (Å²) in [5.74, 6) is -2.44. The highest BCUT2D eigenvalue weighted by Gasteiger charge is 2.35. The maximum atomic E-state index is 13.6. The maximum Gasteiger partial charge on any atom is 0.311 e. The summed E-state index contributed by atoms with van der Waals surface area (Å²) in [4.78, 5) is 23.6. The number of carbonyl (C=O) groups is 2. The van der Waals surface area contributed by atoms with Crippen LogP contribution < -0.4 is 10.0 Å². The van der Waals surface area contributed by atoms with E-state index in [4.69, 9.17) is 0 Å². The van der Waals surface area contributed by atoms with Gasteiger partial charge in [-0.25, -0.2) is 12.8 Å². The number of nitrogens with one attached hydrogen (secondary N) is 2. The highest BCUT2D eigenvalue weighted by molar-refractivity contribution is 7.92. The molecule has 0 aliphatic carbocycles. The fourth-order valence-corrected chi connectivity index (χ4v) is 2.73. The summed E-state index contributed by atoms with van der Waals surface area (Å²) in [5, 5.41) is 11.9. The molecule has 0 heterocycles. The molecule has 9 heteroatoms. The monoisotopic (exact) mass is 360 g/mol. The second-order valence-electron chi connectivity index (χ2n) is 5.54. The molecule has 3 N–H and O–H groups in total.